The first-order valence-corrected chi connectivity index (χ1v) is 6.51. The lowest BCUT2D eigenvalue weighted by atomic mass is 10.0. The number of ether oxygens (including phenoxy) is 1. The average molecular weight is 236 g/mol. The monoisotopic (exact) mass is 236 g/mol. The van der Waals surface area contributed by atoms with Gasteiger partial charge >= 0.3 is 0 Å². The number of nitrogens with one attached hydrogen (secondary N) is 1. The lowest BCUT2D eigenvalue weighted by Gasteiger charge is -2.19. The van der Waals surface area contributed by atoms with Gasteiger partial charge in [0.25, 0.3) is 0 Å². The highest BCUT2D eigenvalue weighted by Gasteiger charge is 2.13. The van der Waals surface area contributed by atoms with E-state index >= 15 is 0 Å². The molecule has 0 bridgehead atoms. The number of hydrogen-bond donors (Lipinski definition) is 2. The minimum Gasteiger partial charge on any atom is -0.493 e. The summed E-state index contributed by atoms with van der Waals surface area (Å²) < 4.78 is 5.75. The second kappa shape index (κ2) is 8.09. The predicted octanol–water partition coefficient (Wildman–Crippen LogP) is 3.17. The van der Waals surface area contributed by atoms with Crippen LogP contribution in [0.4, 0.5) is 0 Å². The third-order valence-corrected chi connectivity index (χ3v) is 2.80. The molecule has 1 unspecified atom stereocenters. The van der Waals surface area contributed by atoms with E-state index in [0.29, 0.717) is 0 Å². The smallest absolute Gasteiger partial charge is 0.124 e. The van der Waals surface area contributed by atoms with Gasteiger partial charge in [-0.05, 0) is 18.9 Å². The first kappa shape index (κ1) is 14.0. The van der Waals surface area contributed by atoms with E-state index in [-0.39, 0.29) is 6.04 Å². The molecule has 0 fully saturated rings. The van der Waals surface area contributed by atoms with Crippen LogP contribution < -0.4 is 16.0 Å². The van der Waals surface area contributed by atoms with E-state index in [0.717, 1.165) is 37.2 Å². The fraction of sp³-hybridized carbons (Fsp3) is 0.571. The zero-order valence-corrected chi connectivity index (χ0v) is 10.9. The van der Waals surface area contributed by atoms with E-state index in [1.807, 2.05) is 18.2 Å². The van der Waals surface area contributed by atoms with E-state index in [2.05, 4.69) is 25.3 Å². The summed E-state index contributed by atoms with van der Waals surface area (Å²) in [5.74, 6) is 6.59. The van der Waals surface area contributed by atoms with Crippen LogP contribution in [0.1, 0.15) is 51.1 Å². The van der Waals surface area contributed by atoms with Gasteiger partial charge in [0.1, 0.15) is 5.75 Å². The van der Waals surface area contributed by atoms with Crippen molar-refractivity contribution >= 4 is 0 Å². The molecule has 1 aromatic carbocycles. The van der Waals surface area contributed by atoms with Crippen LogP contribution in [0.2, 0.25) is 0 Å². The number of rotatable bonds is 8. The van der Waals surface area contributed by atoms with Gasteiger partial charge in [-0.3, -0.25) is 11.3 Å². The summed E-state index contributed by atoms with van der Waals surface area (Å²) in [6, 6.07) is 8.32. The molecule has 0 aliphatic heterocycles. The number of benzene rings is 1. The average Bonchev–Trinajstić information content (AvgIpc) is 2.38. The molecule has 0 amide bonds. The van der Waals surface area contributed by atoms with E-state index < -0.39 is 0 Å². The van der Waals surface area contributed by atoms with Gasteiger partial charge in [-0.2, -0.15) is 0 Å². The summed E-state index contributed by atoms with van der Waals surface area (Å²) in [4.78, 5) is 0. The fourth-order valence-corrected chi connectivity index (χ4v) is 1.85. The quantitative estimate of drug-likeness (QED) is 0.538. The number of para-hydroxylation sites is 1. The summed E-state index contributed by atoms with van der Waals surface area (Å²) >= 11 is 0. The number of nitrogens with two attached hydrogens (primary N) is 1. The second-order valence-electron chi connectivity index (χ2n) is 4.25. The molecular weight excluding hydrogens is 212 g/mol. The maximum absolute atomic E-state index is 5.75. The zero-order valence-electron chi connectivity index (χ0n) is 10.9. The van der Waals surface area contributed by atoms with Crippen LogP contribution >= 0.6 is 0 Å². The number of unbranched alkanes of at least 4 members (excludes halogenated alkanes) is 1. The predicted molar refractivity (Wildman–Crippen MR) is 71.8 cm³/mol. The van der Waals surface area contributed by atoms with Crippen LogP contribution in [-0.4, -0.2) is 6.61 Å². The Morgan fingerprint density at radius 2 is 2.00 bits per heavy atom. The molecule has 1 atom stereocenters. The van der Waals surface area contributed by atoms with Crippen LogP contribution in [0.25, 0.3) is 0 Å². The molecular formula is C14H24N2O. The first-order chi connectivity index (χ1) is 8.33. The van der Waals surface area contributed by atoms with Gasteiger partial charge in [0, 0.05) is 11.6 Å². The van der Waals surface area contributed by atoms with Crippen molar-refractivity contribution in [1.82, 2.24) is 5.43 Å². The highest BCUT2D eigenvalue weighted by Crippen LogP contribution is 2.28. The van der Waals surface area contributed by atoms with Crippen molar-refractivity contribution in [2.75, 3.05) is 6.61 Å². The Balaban J connectivity index is 2.77. The van der Waals surface area contributed by atoms with Crippen molar-refractivity contribution < 1.29 is 4.74 Å². The molecule has 3 heteroatoms. The molecule has 0 heterocycles. The second-order valence-corrected chi connectivity index (χ2v) is 4.25. The Hall–Kier alpha value is -1.06. The van der Waals surface area contributed by atoms with Gasteiger partial charge in [-0.25, -0.2) is 0 Å². The van der Waals surface area contributed by atoms with Gasteiger partial charge in [0.05, 0.1) is 6.61 Å². The van der Waals surface area contributed by atoms with Crippen molar-refractivity contribution in [2.24, 2.45) is 5.84 Å². The maximum Gasteiger partial charge on any atom is 0.124 e. The molecule has 3 N–H and O–H groups in total. The minimum atomic E-state index is 0.183. The molecule has 0 saturated heterocycles. The lowest BCUT2D eigenvalue weighted by Crippen LogP contribution is -2.28. The molecule has 96 valence electrons. The molecule has 0 aliphatic rings. The zero-order chi connectivity index (χ0) is 12.5. The molecule has 17 heavy (non-hydrogen) atoms. The van der Waals surface area contributed by atoms with Gasteiger partial charge in [-0.1, -0.05) is 44.9 Å². The summed E-state index contributed by atoms with van der Waals surface area (Å²) in [5.41, 5.74) is 4.05. The van der Waals surface area contributed by atoms with Gasteiger partial charge in [0.2, 0.25) is 0 Å². The summed E-state index contributed by atoms with van der Waals surface area (Å²) in [6.45, 7) is 5.05. The van der Waals surface area contributed by atoms with E-state index in [9.17, 15) is 0 Å². The third kappa shape index (κ3) is 4.36. The van der Waals surface area contributed by atoms with Crippen molar-refractivity contribution in [3.63, 3.8) is 0 Å². The van der Waals surface area contributed by atoms with Crippen LogP contribution in [-0.2, 0) is 0 Å². The topological polar surface area (TPSA) is 47.3 Å². The standard InChI is InChI=1S/C14H24N2O/c1-3-5-9-13(16-15)12-8-6-7-10-14(12)17-11-4-2/h6-8,10,13,16H,3-5,9,11,15H2,1-2H3. The molecule has 0 saturated carbocycles. The number of hydrogen-bond acceptors (Lipinski definition) is 3. The maximum atomic E-state index is 5.75. The van der Waals surface area contributed by atoms with Crippen LogP contribution in [0.3, 0.4) is 0 Å². The van der Waals surface area contributed by atoms with Crippen molar-refractivity contribution in [1.29, 1.82) is 0 Å². The molecule has 3 nitrogen and oxygen atoms in total. The third-order valence-electron chi connectivity index (χ3n) is 2.80. The van der Waals surface area contributed by atoms with Crippen molar-refractivity contribution in [2.45, 2.75) is 45.6 Å². The summed E-state index contributed by atoms with van der Waals surface area (Å²) in [6.07, 6.45) is 4.40. The molecule has 1 rings (SSSR count). The van der Waals surface area contributed by atoms with Crippen molar-refractivity contribution in [3.8, 4) is 5.75 Å². The molecule has 0 aliphatic carbocycles. The molecule has 1 aromatic rings. The Morgan fingerprint density at radius 1 is 1.24 bits per heavy atom. The molecule has 0 aromatic heterocycles. The fourth-order valence-electron chi connectivity index (χ4n) is 1.85. The van der Waals surface area contributed by atoms with Crippen LogP contribution in [0.5, 0.6) is 5.75 Å². The van der Waals surface area contributed by atoms with Crippen LogP contribution in [0, 0.1) is 0 Å². The number of hydrazine groups is 1. The van der Waals surface area contributed by atoms with Crippen molar-refractivity contribution in [3.05, 3.63) is 29.8 Å². The SMILES string of the molecule is CCCCC(NN)c1ccccc1OCCC. The lowest BCUT2D eigenvalue weighted by molar-refractivity contribution is 0.308. The largest absolute Gasteiger partial charge is 0.493 e. The highest BCUT2D eigenvalue weighted by molar-refractivity contribution is 5.35. The van der Waals surface area contributed by atoms with E-state index in [1.165, 1.54) is 6.42 Å². The molecule has 0 radical (unpaired) electrons. The Kier molecular flexibility index (Phi) is 6.67. The Morgan fingerprint density at radius 3 is 2.65 bits per heavy atom. The van der Waals surface area contributed by atoms with Gasteiger partial charge in [0.15, 0.2) is 0 Å². The Labute approximate surface area is 104 Å². The Bertz CT molecular complexity index is 315. The first-order valence-electron chi connectivity index (χ1n) is 6.51. The summed E-state index contributed by atoms with van der Waals surface area (Å²) in [7, 11) is 0. The van der Waals surface area contributed by atoms with E-state index in [4.69, 9.17) is 10.6 Å². The van der Waals surface area contributed by atoms with Gasteiger partial charge < -0.3 is 4.74 Å². The van der Waals surface area contributed by atoms with E-state index in [1.54, 1.807) is 0 Å². The normalized spacial score (nSPS) is 12.4. The van der Waals surface area contributed by atoms with Gasteiger partial charge in [-0.15, -0.1) is 0 Å². The molecule has 0 spiro atoms. The highest BCUT2D eigenvalue weighted by atomic mass is 16.5. The minimum absolute atomic E-state index is 0.183. The van der Waals surface area contributed by atoms with Crippen LogP contribution in [0.15, 0.2) is 24.3 Å². The summed E-state index contributed by atoms with van der Waals surface area (Å²) in [5, 5.41) is 0.